The van der Waals surface area contributed by atoms with Crippen LogP contribution in [0.4, 0.5) is 0 Å². The third kappa shape index (κ3) is 5.85. The Kier molecular flexibility index (Phi) is 7.93. The number of nitrogens with zero attached hydrogens (tertiary/aromatic N) is 1. The number of hydrogen-bond donors (Lipinski definition) is 1. The van der Waals surface area contributed by atoms with E-state index in [1.807, 2.05) is 36.4 Å². The van der Waals surface area contributed by atoms with Gasteiger partial charge in [-0.15, -0.1) is 0 Å². The number of halogens is 2. The van der Waals surface area contributed by atoms with Crippen molar-refractivity contribution in [3.05, 3.63) is 68.0 Å². The Morgan fingerprint density at radius 1 is 1.30 bits per heavy atom. The SMILES string of the molecule is O=C(O)CCCN1C(=O)/C(=C\c2cc(Br)ccc2OCc2ccccc2Cl)SC1=S. The molecule has 2 aromatic carbocycles. The molecule has 0 radical (unpaired) electrons. The lowest BCUT2D eigenvalue weighted by atomic mass is 10.1. The maximum Gasteiger partial charge on any atom is 0.303 e. The molecule has 0 aromatic heterocycles. The van der Waals surface area contributed by atoms with E-state index >= 15 is 0 Å². The van der Waals surface area contributed by atoms with Gasteiger partial charge in [0.1, 0.15) is 16.7 Å². The predicted octanol–water partition coefficient (Wildman–Crippen LogP) is 5.75. The van der Waals surface area contributed by atoms with Crippen molar-refractivity contribution in [3.8, 4) is 5.75 Å². The molecule has 9 heteroatoms. The van der Waals surface area contributed by atoms with Gasteiger partial charge in [0.25, 0.3) is 5.91 Å². The Bertz CT molecular complexity index is 1030. The minimum Gasteiger partial charge on any atom is -0.488 e. The molecule has 1 saturated heterocycles. The molecule has 1 heterocycles. The fraction of sp³-hybridized carbons (Fsp3) is 0.190. The van der Waals surface area contributed by atoms with Gasteiger partial charge in [0.2, 0.25) is 0 Å². The number of ether oxygens (including phenoxy) is 1. The van der Waals surface area contributed by atoms with E-state index in [2.05, 4.69) is 15.9 Å². The highest BCUT2D eigenvalue weighted by atomic mass is 79.9. The van der Waals surface area contributed by atoms with Crippen LogP contribution in [0.1, 0.15) is 24.0 Å². The minimum atomic E-state index is -0.898. The number of carbonyl (C=O) groups excluding carboxylic acids is 1. The van der Waals surface area contributed by atoms with Gasteiger partial charge in [-0.25, -0.2) is 0 Å². The molecule has 1 aliphatic rings. The number of hydrogen-bond acceptors (Lipinski definition) is 5. The van der Waals surface area contributed by atoms with Gasteiger partial charge in [-0.05, 0) is 36.8 Å². The molecule has 0 atom stereocenters. The van der Waals surface area contributed by atoms with Crippen molar-refractivity contribution in [1.29, 1.82) is 0 Å². The fourth-order valence-corrected chi connectivity index (χ4v) is 4.63. The van der Waals surface area contributed by atoms with Gasteiger partial charge in [-0.3, -0.25) is 14.5 Å². The number of carboxylic acid groups (broad SMARTS) is 1. The molecule has 1 N–H and O–H groups in total. The van der Waals surface area contributed by atoms with Crippen LogP contribution in [0.5, 0.6) is 5.75 Å². The van der Waals surface area contributed by atoms with Gasteiger partial charge in [-0.1, -0.05) is 69.7 Å². The first-order chi connectivity index (χ1) is 14.3. The van der Waals surface area contributed by atoms with E-state index in [0.717, 1.165) is 15.6 Å². The smallest absolute Gasteiger partial charge is 0.303 e. The predicted molar refractivity (Wildman–Crippen MR) is 127 cm³/mol. The molecule has 3 rings (SSSR count). The lowest BCUT2D eigenvalue weighted by Gasteiger charge is -2.13. The molecular formula is C21H17BrClNO4S2. The molecule has 1 amide bonds. The highest BCUT2D eigenvalue weighted by molar-refractivity contribution is 9.10. The Morgan fingerprint density at radius 3 is 2.80 bits per heavy atom. The zero-order valence-electron chi connectivity index (χ0n) is 15.6. The highest BCUT2D eigenvalue weighted by Crippen LogP contribution is 2.35. The van der Waals surface area contributed by atoms with Crippen molar-refractivity contribution in [2.75, 3.05) is 6.54 Å². The fourth-order valence-electron chi connectivity index (χ4n) is 2.76. The molecule has 156 valence electrons. The molecule has 1 aliphatic heterocycles. The Balaban J connectivity index is 1.78. The standard InChI is InChI=1S/C21H17BrClNO4S2/c22-15-7-8-17(28-12-13-4-1-2-5-16(13)23)14(10-15)11-18-20(27)24(21(29)30-18)9-3-6-19(25)26/h1-2,4-5,7-8,10-11H,3,6,9,12H2,(H,25,26)/b18-11+. The van der Waals surface area contributed by atoms with E-state index in [4.69, 9.17) is 33.7 Å². The zero-order valence-corrected chi connectivity index (χ0v) is 19.6. The number of amides is 1. The van der Waals surface area contributed by atoms with Crippen LogP contribution in [0, 0.1) is 0 Å². The van der Waals surface area contributed by atoms with Crippen LogP contribution < -0.4 is 4.74 Å². The largest absolute Gasteiger partial charge is 0.488 e. The van der Waals surface area contributed by atoms with Crippen LogP contribution in [0.3, 0.4) is 0 Å². The van der Waals surface area contributed by atoms with Crippen molar-refractivity contribution in [2.24, 2.45) is 0 Å². The van der Waals surface area contributed by atoms with E-state index < -0.39 is 5.97 Å². The summed E-state index contributed by atoms with van der Waals surface area (Å²) in [4.78, 5) is 25.4. The van der Waals surface area contributed by atoms with Crippen molar-refractivity contribution in [3.63, 3.8) is 0 Å². The van der Waals surface area contributed by atoms with Crippen molar-refractivity contribution < 1.29 is 19.4 Å². The number of benzene rings is 2. The van der Waals surface area contributed by atoms with Crippen molar-refractivity contribution >= 4 is 73.8 Å². The summed E-state index contributed by atoms with van der Waals surface area (Å²) in [5, 5.41) is 9.42. The lowest BCUT2D eigenvalue weighted by Crippen LogP contribution is -2.29. The highest BCUT2D eigenvalue weighted by Gasteiger charge is 2.31. The maximum atomic E-state index is 12.7. The molecule has 5 nitrogen and oxygen atoms in total. The second-order valence-corrected chi connectivity index (χ2v) is 9.39. The second-order valence-electron chi connectivity index (χ2n) is 6.39. The third-order valence-electron chi connectivity index (χ3n) is 4.25. The van der Waals surface area contributed by atoms with Gasteiger partial charge in [0.05, 0.1) is 4.91 Å². The Hall–Kier alpha value is -1.87. The summed E-state index contributed by atoms with van der Waals surface area (Å²) in [6.07, 6.45) is 2.07. The first kappa shape index (κ1) is 22.8. The van der Waals surface area contributed by atoms with Crippen LogP contribution >= 0.6 is 51.5 Å². The topological polar surface area (TPSA) is 66.8 Å². The summed E-state index contributed by atoms with van der Waals surface area (Å²) in [5.41, 5.74) is 1.58. The summed E-state index contributed by atoms with van der Waals surface area (Å²) >= 11 is 16.2. The van der Waals surface area contributed by atoms with Crippen LogP contribution in [-0.2, 0) is 16.2 Å². The van der Waals surface area contributed by atoms with Gasteiger partial charge < -0.3 is 9.84 Å². The average Bonchev–Trinajstić information content (AvgIpc) is 2.95. The quantitative estimate of drug-likeness (QED) is 0.349. The Morgan fingerprint density at radius 2 is 2.07 bits per heavy atom. The van der Waals surface area contributed by atoms with Crippen molar-refractivity contribution in [1.82, 2.24) is 4.90 Å². The van der Waals surface area contributed by atoms with Crippen molar-refractivity contribution in [2.45, 2.75) is 19.4 Å². The molecule has 0 saturated carbocycles. The summed E-state index contributed by atoms with van der Waals surface area (Å²) in [6.45, 7) is 0.570. The number of aliphatic carboxylic acids is 1. The third-order valence-corrected chi connectivity index (χ3v) is 6.49. The van der Waals surface area contributed by atoms with E-state index in [9.17, 15) is 9.59 Å². The minimum absolute atomic E-state index is 0.0121. The number of thioether (sulfide) groups is 1. The van der Waals surface area contributed by atoms with E-state index in [1.165, 1.54) is 16.7 Å². The van der Waals surface area contributed by atoms with Crippen LogP contribution in [0.25, 0.3) is 6.08 Å². The number of carbonyl (C=O) groups is 2. The molecular weight excluding hydrogens is 510 g/mol. The average molecular weight is 527 g/mol. The molecule has 0 unspecified atom stereocenters. The summed E-state index contributed by atoms with van der Waals surface area (Å²) in [5.74, 6) is -0.521. The number of rotatable bonds is 8. The monoisotopic (exact) mass is 525 g/mol. The van der Waals surface area contributed by atoms with Gasteiger partial charge >= 0.3 is 5.97 Å². The van der Waals surface area contributed by atoms with E-state index in [-0.39, 0.29) is 25.5 Å². The summed E-state index contributed by atoms with van der Waals surface area (Å²) in [7, 11) is 0. The lowest BCUT2D eigenvalue weighted by molar-refractivity contribution is -0.137. The zero-order chi connectivity index (χ0) is 21.7. The first-order valence-electron chi connectivity index (χ1n) is 8.98. The van der Waals surface area contributed by atoms with Gasteiger partial charge in [0, 0.05) is 33.6 Å². The molecule has 0 aliphatic carbocycles. The van der Waals surface area contributed by atoms with E-state index in [0.29, 0.717) is 26.4 Å². The number of carboxylic acids is 1. The summed E-state index contributed by atoms with van der Waals surface area (Å²) in [6, 6.07) is 13.0. The van der Waals surface area contributed by atoms with E-state index in [1.54, 1.807) is 12.1 Å². The second kappa shape index (κ2) is 10.4. The number of thiocarbonyl (C=S) groups is 1. The van der Waals surface area contributed by atoms with Crippen LogP contribution in [0.2, 0.25) is 5.02 Å². The Labute approximate surface area is 197 Å². The molecule has 2 aromatic rings. The first-order valence-corrected chi connectivity index (χ1v) is 11.4. The van der Waals surface area contributed by atoms with Crippen LogP contribution in [0.15, 0.2) is 51.8 Å². The molecule has 0 bridgehead atoms. The van der Waals surface area contributed by atoms with Gasteiger partial charge in [0.15, 0.2) is 0 Å². The molecule has 30 heavy (non-hydrogen) atoms. The summed E-state index contributed by atoms with van der Waals surface area (Å²) < 4.78 is 7.23. The molecule has 0 spiro atoms. The maximum absolute atomic E-state index is 12.7. The normalized spacial score (nSPS) is 15.1. The van der Waals surface area contributed by atoms with Gasteiger partial charge in [-0.2, -0.15) is 0 Å². The van der Waals surface area contributed by atoms with Crippen LogP contribution in [-0.4, -0.2) is 32.7 Å². The molecule has 1 fully saturated rings.